The zero-order valence-electron chi connectivity index (χ0n) is 10.1. The second kappa shape index (κ2) is 6.09. The molecule has 0 unspecified atom stereocenters. The molecule has 0 saturated heterocycles. The number of para-hydroxylation sites is 2. The van der Waals surface area contributed by atoms with Crippen LogP contribution in [0.5, 0.6) is 0 Å². The molecule has 0 aromatic heterocycles. The fourth-order valence-corrected chi connectivity index (χ4v) is 1.51. The number of benzene rings is 2. The van der Waals surface area contributed by atoms with Gasteiger partial charge in [-0.25, -0.2) is 0 Å². The number of aryl methyl sites for hydroxylation is 2. The van der Waals surface area contributed by atoms with Crippen LogP contribution < -0.4 is 29.6 Å². The first kappa shape index (κ1) is 13.3. The third kappa shape index (κ3) is 3.11. The Labute approximate surface area is 119 Å². The molecule has 76 valence electrons. The van der Waals surface area contributed by atoms with E-state index in [1.807, 2.05) is 36.4 Å². The van der Waals surface area contributed by atoms with Gasteiger partial charge in [-0.3, -0.25) is 0 Å². The van der Waals surface area contributed by atoms with E-state index in [0.29, 0.717) is 0 Å². The normalized spacial score (nSPS) is 9.38. The van der Waals surface area contributed by atoms with E-state index in [1.54, 1.807) is 0 Å². The van der Waals surface area contributed by atoms with Gasteiger partial charge < -0.3 is 5.32 Å². The predicted octanol–water partition coefficient (Wildman–Crippen LogP) is 1.64. The largest absolute Gasteiger partial charge is 1.00 e. The van der Waals surface area contributed by atoms with Gasteiger partial charge in [-0.15, -0.1) is 11.4 Å². The summed E-state index contributed by atoms with van der Waals surface area (Å²) in [5.41, 5.74) is 4.51. The van der Waals surface area contributed by atoms with E-state index in [9.17, 15) is 0 Å². The minimum absolute atomic E-state index is 0. The Bertz CT molecular complexity index is 422. The van der Waals surface area contributed by atoms with E-state index in [2.05, 4.69) is 31.3 Å². The van der Waals surface area contributed by atoms with Crippen molar-refractivity contribution in [3.8, 4) is 0 Å². The molecule has 1 nitrogen and oxygen atoms in total. The summed E-state index contributed by atoms with van der Waals surface area (Å²) < 4.78 is 0. The van der Waals surface area contributed by atoms with Crippen molar-refractivity contribution >= 4 is 11.4 Å². The molecule has 2 rings (SSSR count). The van der Waals surface area contributed by atoms with Crippen LogP contribution in [0.3, 0.4) is 0 Å². The molecule has 0 amide bonds. The minimum Gasteiger partial charge on any atom is -0.657 e. The fraction of sp³-hybridized carbons (Fsp3) is 0.143. The third-order valence-electron chi connectivity index (χ3n) is 2.47. The van der Waals surface area contributed by atoms with E-state index >= 15 is 0 Å². The number of nitrogens with zero attached hydrogens (tertiary/aromatic N) is 1. The van der Waals surface area contributed by atoms with Gasteiger partial charge in [0, 0.05) is 0 Å². The van der Waals surface area contributed by atoms with Gasteiger partial charge in [0.05, 0.1) is 0 Å². The molecule has 2 aromatic rings. The van der Waals surface area contributed by atoms with Crippen LogP contribution in [0.4, 0.5) is 11.4 Å². The van der Waals surface area contributed by atoms with Gasteiger partial charge in [0.2, 0.25) is 0 Å². The summed E-state index contributed by atoms with van der Waals surface area (Å²) >= 11 is 0. The molecule has 0 atom stereocenters. The maximum atomic E-state index is 4.64. The summed E-state index contributed by atoms with van der Waals surface area (Å²) in [5, 5.41) is 4.64. The van der Waals surface area contributed by atoms with Gasteiger partial charge in [-0.1, -0.05) is 59.7 Å². The molecular weight excluding hydrogens is 205 g/mol. The van der Waals surface area contributed by atoms with Crippen molar-refractivity contribution in [1.82, 2.24) is 0 Å². The maximum Gasteiger partial charge on any atom is 1.00 e. The van der Waals surface area contributed by atoms with E-state index < -0.39 is 0 Å². The van der Waals surface area contributed by atoms with Crippen molar-refractivity contribution < 1.29 is 29.6 Å². The number of hydrogen-bond acceptors (Lipinski definition) is 0. The Morgan fingerprint density at radius 2 is 1.06 bits per heavy atom. The maximum absolute atomic E-state index is 4.64. The van der Waals surface area contributed by atoms with Crippen LogP contribution in [-0.2, 0) is 0 Å². The first-order valence-corrected chi connectivity index (χ1v) is 5.10. The first-order chi connectivity index (χ1) is 7.27. The second-order valence-electron chi connectivity index (χ2n) is 3.68. The smallest absolute Gasteiger partial charge is 0.657 e. The summed E-state index contributed by atoms with van der Waals surface area (Å²) in [6.45, 7) is 4.16. The molecule has 2 heteroatoms. The number of hydrogen-bond donors (Lipinski definition) is 0. The van der Waals surface area contributed by atoms with Crippen molar-refractivity contribution in [2.75, 3.05) is 0 Å². The van der Waals surface area contributed by atoms with Crippen LogP contribution in [0.25, 0.3) is 5.32 Å². The molecule has 2 aromatic carbocycles. The molecule has 0 spiro atoms. The quantitative estimate of drug-likeness (QED) is 0.682. The molecule has 0 aliphatic heterocycles. The molecule has 0 bridgehead atoms. The van der Waals surface area contributed by atoms with Gasteiger partial charge in [-0.05, 0) is 13.8 Å². The van der Waals surface area contributed by atoms with Gasteiger partial charge in [0.1, 0.15) is 0 Å². The van der Waals surface area contributed by atoms with Gasteiger partial charge in [-0.2, -0.15) is 0 Å². The molecule has 0 saturated carbocycles. The van der Waals surface area contributed by atoms with Crippen LogP contribution in [0.15, 0.2) is 48.5 Å². The van der Waals surface area contributed by atoms with E-state index in [0.717, 1.165) is 11.4 Å². The molecular formula is C14H14NNa. The Morgan fingerprint density at radius 1 is 0.688 bits per heavy atom. The molecule has 0 fully saturated rings. The average Bonchev–Trinajstić information content (AvgIpc) is 2.24. The molecule has 0 aliphatic rings. The Morgan fingerprint density at radius 3 is 1.44 bits per heavy atom. The topological polar surface area (TPSA) is 14.1 Å². The van der Waals surface area contributed by atoms with Crippen molar-refractivity contribution in [2.45, 2.75) is 13.8 Å². The average molecular weight is 219 g/mol. The van der Waals surface area contributed by atoms with Crippen molar-refractivity contribution in [3.63, 3.8) is 0 Å². The molecule has 16 heavy (non-hydrogen) atoms. The summed E-state index contributed by atoms with van der Waals surface area (Å²) in [6.07, 6.45) is 0. The first-order valence-electron chi connectivity index (χ1n) is 5.10. The van der Waals surface area contributed by atoms with Crippen molar-refractivity contribution in [3.05, 3.63) is 65.0 Å². The zero-order valence-corrected chi connectivity index (χ0v) is 12.1. The van der Waals surface area contributed by atoms with Crippen LogP contribution >= 0.6 is 0 Å². The summed E-state index contributed by atoms with van der Waals surface area (Å²) in [5.74, 6) is 0. The Hall–Kier alpha value is -0.760. The summed E-state index contributed by atoms with van der Waals surface area (Å²) in [7, 11) is 0. The molecule has 0 N–H and O–H groups in total. The van der Waals surface area contributed by atoms with Gasteiger partial charge in [0.15, 0.2) is 0 Å². The molecule has 0 radical (unpaired) electrons. The van der Waals surface area contributed by atoms with Crippen LogP contribution in [0.1, 0.15) is 11.1 Å². The van der Waals surface area contributed by atoms with Gasteiger partial charge in [0.25, 0.3) is 0 Å². The summed E-state index contributed by atoms with van der Waals surface area (Å²) in [4.78, 5) is 0. The van der Waals surface area contributed by atoms with Crippen molar-refractivity contribution in [1.29, 1.82) is 0 Å². The van der Waals surface area contributed by atoms with E-state index in [-0.39, 0.29) is 29.6 Å². The van der Waals surface area contributed by atoms with Crippen LogP contribution in [0, 0.1) is 13.8 Å². The van der Waals surface area contributed by atoms with Crippen molar-refractivity contribution in [2.24, 2.45) is 0 Å². The second-order valence-corrected chi connectivity index (χ2v) is 3.68. The predicted molar refractivity (Wildman–Crippen MR) is 65.0 cm³/mol. The van der Waals surface area contributed by atoms with Crippen LogP contribution in [0.2, 0.25) is 0 Å². The zero-order chi connectivity index (χ0) is 10.7. The standard InChI is InChI=1S/C14H14N.Na/c1-11-7-3-5-9-13(11)15-14-10-6-4-8-12(14)2;/h3-10H,1-2H3;/q-1;+1. The van der Waals surface area contributed by atoms with Crippen LogP contribution in [-0.4, -0.2) is 0 Å². The Balaban J connectivity index is 0.00000128. The minimum atomic E-state index is 0. The summed E-state index contributed by atoms with van der Waals surface area (Å²) in [6, 6.07) is 16.4. The van der Waals surface area contributed by atoms with E-state index in [4.69, 9.17) is 0 Å². The SMILES string of the molecule is Cc1ccccc1[N-]c1ccccc1C.[Na+]. The molecule has 0 heterocycles. The monoisotopic (exact) mass is 219 g/mol. The van der Waals surface area contributed by atoms with Gasteiger partial charge >= 0.3 is 29.6 Å². The number of rotatable bonds is 2. The molecule has 0 aliphatic carbocycles. The Kier molecular flexibility index (Phi) is 5.07. The fourth-order valence-electron chi connectivity index (χ4n) is 1.51. The van der Waals surface area contributed by atoms with E-state index in [1.165, 1.54) is 11.1 Å². The third-order valence-corrected chi connectivity index (χ3v) is 2.47.